The van der Waals surface area contributed by atoms with Crippen LogP contribution >= 0.6 is 0 Å². The number of rotatable bonds is 14. The zero-order valence-corrected chi connectivity index (χ0v) is 17.2. The summed E-state index contributed by atoms with van der Waals surface area (Å²) in [6, 6.07) is 0. The molecule has 0 aromatic heterocycles. The minimum atomic E-state index is 0.373. The Morgan fingerprint density at radius 3 is 1.96 bits per heavy atom. The third-order valence-electron chi connectivity index (χ3n) is 5.72. The van der Waals surface area contributed by atoms with Crippen molar-refractivity contribution >= 4 is 5.91 Å². The van der Waals surface area contributed by atoms with Crippen molar-refractivity contribution in [2.75, 3.05) is 13.1 Å². The van der Waals surface area contributed by atoms with E-state index >= 15 is 0 Å². The van der Waals surface area contributed by atoms with Gasteiger partial charge in [0.2, 0.25) is 5.91 Å². The second-order valence-electron chi connectivity index (χ2n) is 8.16. The largest absolute Gasteiger partial charge is 0.342 e. The van der Waals surface area contributed by atoms with Gasteiger partial charge < -0.3 is 4.90 Å². The predicted molar refractivity (Wildman–Crippen MR) is 110 cm³/mol. The van der Waals surface area contributed by atoms with Crippen LogP contribution in [-0.2, 0) is 4.79 Å². The van der Waals surface area contributed by atoms with Gasteiger partial charge >= 0.3 is 0 Å². The molecule has 0 aliphatic carbocycles. The molecule has 0 N–H and O–H groups in total. The molecule has 1 aliphatic rings. The van der Waals surface area contributed by atoms with Crippen LogP contribution in [-0.4, -0.2) is 23.9 Å². The lowest BCUT2D eigenvalue weighted by Crippen LogP contribution is -2.40. The molecule has 25 heavy (non-hydrogen) atoms. The molecule has 1 rings (SSSR count). The highest BCUT2D eigenvalue weighted by Gasteiger charge is 2.23. The molecule has 2 heteroatoms. The van der Waals surface area contributed by atoms with E-state index in [1.807, 2.05) is 0 Å². The average molecular weight is 350 g/mol. The quantitative estimate of drug-likeness (QED) is 0.247. The van der Waals surface area contributed by atoms with Crippen LogP contribution in [0.15, 0.2) is 12.2 Å². The monoisotopic (exact) mass is 349 g/mol. The molecule has 1 amide bonds. The predicted octanol–water partition coefficient (Wildman–Crippen LogP) is 6.89. The van der Waals surface area contributed by atoms with E-state index in [0.717, 1.165) is 32.4 Å². The number of carbonyl (C=O) groups is 1. The number of hydrogen-bond acceptors (Lipinski definition) is 1. The molecule has 0 bridgehead atoms. The lowest BCUT2D eigenvalue weighted by Gasteiger charge is -2.33. The van der Waals surface area contributed by atoms with Gasteiger partial charge in [0.15, 0.2) is 0 Å². The SMILES string of the molecule is C=C(C)[C@H]1CCCN(C(=O)CCCCCCCCCCCCCC)C1. The summed E-state index contributed by atoms with van der Waals surface area (Å²) >= 11 is 0. The molecule has 0 spiro atoms. The first-order chi connectivity index (χ1) is 12.1. The van der Waals surface area contributed by atoms with Gasteiger partial charge in [-0.1, -0.05) is 89.7 Å². The van der Waals surface area contributed by atoms with Gasteiger partial charge in [0.25, 0.3) is 0 Å². The van der Waals surface area contributed by atoms with E-state index in [2.05, 4.69) is 25.3 Å². The lowest BCUT2D eigenvalue weighted by atomic mass is 9.92. The van der Waals surface area contributed by atoms with Crippen molar-refractivity contribution < 1.29 is 4.79 Å². The van der Waals surface area contributed by atoms with Crippen molar-refractivity contribution in [3.05, 3.63) is 12.2 Å². The standard InChI is InChI=1S/C23H43NO/c1-4-5-6-7-8-9-10-11-12-13-14-15-18-23(25)24-19-16-17-22(20-24)21(2)3/h22H,2,4-20H2,1,3H3/t22-/m0/s1. The Morgan fingerprint density at radius 1 is 0.920 bits per heavy atom. The molecule has 0 saturated carbocycles. The fourth-order valence-corrected chi connectivity index (χ4v) is 3.88. The van der Waals surface area contributed by atoms with Gasteiger partial charge in [0.1, 0.15) is 0 Å². The first kappa shape index (κ1) is 22.3. The first-order valence-electron chi connectivity index (χ1n) is 11.1. The summed E-state index contributed by atoms with van der Waals surface area (Å²) < 4.78 is 0. The molecular formula is C23H43NO. The maximum absolute atomic E-state index is 12.3. The number of carbonyl (C=O) groups excluding carboxylic acids is 1. The van der Waals surface area contributed by atoms with E-state index in [0.29, 0.717) is 11.8 Å². The minimum absolute atomic E-state index is 0.373. The average Bonchev–Trinajstić information content (AvgIpc) is 2.62. The van der Waals surface area contributed by atoms with Crippen molar-refractivity contribution in [2.24, 2.45) is 5.92 Å². The molecule has 0 radical (unpaired) electrons. The summed E-state index contributed by atoms with van der Waals surface area (Å²) in [4.78, 5) is 14.4. The maximum Gasteiger partial charge on any atom is 0.222 e. The first-order valence-corrected chi connectivity index (χ1v) is 11.1. The van der Waals surface area contributed by atoms with Gasteiger partial charge in [-0.25, -0.2) is 0 Å². The Morgan fingerprint density at radius 2 is 1.44 bits per heavy atom. The minimum Gasteiger partial charge on any atom is -0.342 e. The summed E-state index contributed by atoms with van der Waals surface area (Å²) in [6.45, 7) is 10.3. The Hall–Kier alpha value is -0.790. The van der Waals surface area contributed by atoms with E-state index in [1.165, 1.54) is 82.6 Å². The van der Waals surface area contributed by atoms with E-state index in [1.54, 1.807) is 0 Å². The second-order valence-corrected chi connectivity index (χ2v) is 8.16. The molecule has 1 aliphatic heterocycles. The van der Waals surface area contributed by atoms with Gasteiger partial charge in [-0.3, -0.25) is 4.79 Å². The summed E-state index contributed by atoms with van der Waals surface area (Å²) in [5, 5.41) is 0. The third kappa shape index (κ3) is 10.7. The summed E-state index contributed by atoms with van der Waals surface area (Å²) in [6.07, 6.45) is 19.3. The van der Waals surface area contributed by atoms with Gasteiger partial charge in [-0.05, 0) is 32.1 Å². The molecular weight excluding hydrogens is 306 g/mol. The van der Waals surface area contributed by atoms with E-state index < -0.39 is 0 Å². The topological polar surface area (TPSA) is 20.3 Å². The highest BCUT2D eigenvalue weighted by atomic mass is 16.2. The third-order valence-corrected chi connectivity index (χ3v) is 5.72. The Kier molecular flexibility index (Phi) is 12.8. The van der Waals surface area contributed by atoms with Crippen LogP contribution in [0.25, 0.3) is 0 Å². The van der Waals surface area contributed by atoms with Gasteiger partial charge in [0, 0.05) is 19.5 Å². The number of likely N-dealkylation sites (tertiary alicyclic amines) is 1. The van der Waals surface area contributed by atoms with Gasteiger partial charge in [-0.15, -0.1) is 0 Å². The van der Waals surface area contributed by atoms with E-state index in [4.69, 9.17) is 0 Å². The molecule has 1 heterocycles. The molecule has 146 valence electrons. The van der Waals surface area contributed by atoms with Crippen molar-refractivity contribution in [1.29, 1.82) is 0 Å². The lowest BCUT2D eigenvalue weighted by molar-refractivity contribution is -0.132. The molecule has 2 nitrogen and oxygen atoms in total. The normalized spacial score (nSPS) is 17.7. The van der Waals surface area contributed by atoms with Crippen molar-refractivity contribution in [3.63, 3.8) is 0 Å². The number of piperidine rings is 1. The number of unbranched alkanes of at least 4 members (excludes halogenated alkanes) is 11. The highest BCUT2D eigenvalue weighted by Crippen LogP contribution is 2.23. The van der Waals surface area contributed by atoms with Gasteiger partial charge in [-0.2, -0.15) is 0 Å². The van der Waals surface area contributed by atoms with Crippen LogP contribution in [0.3, 0.4) is 0 Å². The zero-order valence-electron chi connectivity index (χ0n) is 17.2. The molecule has 0 aromatic carbocycles. The summed E-state index contributed by atoms with van der Waals surface area (Å²) in [7, 11) is 0. The maximum atomic E-state index is 12.3. The zero-order chi connectivity index (χ0) is 18.3. The van der Waals surface area contributed by atoms with E-state index in [-0.39, 0.29) is 0 Å². The highest BCUT2D eigenvalue weighted by molar-refractivity contribution is 5.76. The fourth-order valence-electron chi connectivity index (χ4n) is 3.88. The smallest absolute Gasteiger partial charge is 0.222 e. The molecule has 1 fully saturated rings. The number of nitrogens with zero attached hydrogens (tertiary/aromatic N) is 1. The van der Waals surface area contributed by atoms with Crippen LogP contribution in [0.1, 0.15) is 110 Å². The van der Waals surface area contributed by atoms with Crippen molar-refractivity contribution in [3.8, 4) is 0 Å². The molecule has 0 unspecified atom stereocenters. The summed E-state index contributed by atoms with van der Waals surface area (Å²) in [5.74, 6) is 0.901. The second kappa shape index (κ2) is 14.4. The van der Waals surface area contributed by atoms with E-state index in [9.17, 15) is 4.79 Å². The Balaban J connectivity index is 1.92. The van der Waals surface area contributed by atoms with Crippen LogP contribution in [0.5, 0.6) is 0 Å². The number of amides is 1. The van der Waals surface area contributed by atoms with Crippen LogP contribution in [0.4, 0.5) is 0 Å². The molecule has 1 saturated heterocycles. The van der Waals surface area contributed by atoms with Crippen molar-refractivity contribution in [1.82, 2.24) is 4.90 Å². The van der Waals surface area contributed by atoms with Crippen LogP contribution in [0.2, 0.25) is 0 Å². The fraction of sp³-hybridized carbons (Fsp3) is 0.870. The summed E-state index contributed by atoms with van der Waals surface area (Å²) in [5.41, 5.74) is 1.24. The molecule has 1 atom stereocenters. The van der Waals surface area contributed by atoms with Crippen molar-refractivity contribution in [2.45, 2.75) is 110 Å². The Labute approximate surface area is 157 Å². The Bertz CT molecular complexity index is 363. The van der Waals surface area contributed by atoms with Crippen LogP contribution < -0.4 is 0 Å². The number of hydrogen-bond donors (Lipinski definition) is 0. The van der Waals surface area contributed by atoms with Gasteiger partial charge in [0.05, 0.1) is 0 Å². The molecule has 0 aromatic rings. The van der Waals surface area contributed by atoms with Crippen LogP contribution in [0, 0.1) is 5.92 Å².